The SMILES string of the molecule is C/C=c1/c(C)nnc(C)/c1=C/C(C)=C/CC. The van der Waals surface area contributed by atoms with Gasteiger partial charge in [0.25, 0.3) is 0 Å². The van der Waals surface area contributed by atoms with Gasteiger partial charge in [-0.2, -0.15) is 10.2 Å². The van der Waals surface area contributed by atoms with Gasteiger partial charge in [-0.15, -0.1) is 0 Å². The number of nitrogens with zero attached hydrogens (tertiary/aromatic N) is 2. The van der Waals surface area contributed by atoms with Crippen LogP contribution in [0, 0.1) is 13.8 Å². The first-order valence-corrected chi connectivity index (χ1v) is 5.74. The van der Waals surface area contributed by atoms with Gasteiger partial charge in [0.15, 0.2) is 0 Å². The van der Waals surface area contributed by atoms with Crippen LogP contribution in [-0.2, 0) is 0 Å². The van der Waals surface area contributed by atoms with Crippen molar-refractivity contribution in [1.82, 2.24) is 10.2 Å². The normalized spacial score (nSPS) is 14.7. The van der Waals surface area contributed by atoms with Crippen LogP contribution in [0.5, 0.6) is 0 Å². The zero-order valence-electron chi connectivity index (χ0n) is 10.8. The van der Waals surface area contributed by atoms with E-state index in [9.17, 15) is 0 Å². The highest BCUT2D eigenvalue weighted by Crippen LogP contribution is 1.96. The quantitative estimate of drug-likeness (QED) is 0.756. The van der Waals surface area contributed by atoms with Crippen LogP contribution in [0.25, 0.3) is 12.2 Å². The summed E-state index contributed by atoms with van der Waals surface area (Å²) in [4.78, 5) is 0. The Morgan fingerprint density at radius 2 is 1.69 bits per heavy atom. The van der Waals surface area contributed by atoms with Crippen molar-refractivity contribution in [3.8, 4) is 0 Å². The van der Waals surface area contributed by atoms with Crippen LogP contribution in [-0.4, -0.2) is 10.2 Å². The average Bonchev–Trinajstić information content (AvgIpc) is 2.24. The van der Waals surface area contributed by atoms with E-state index in [-0.39, 0.29) is 0 Å². The Morgan fingerprint density at radius 1 is 1.12 bits per heavy atom. The summed E-state index contributed by atoms with van der Waals surface area (Å²) in [5.41, 5.74) is 3.26. The molecule has 1 aromatic heterocycles. The third kappa shape index (κ3) is 2.78. The van der Waals surface area contributed by atoms with E-state index < -0.39 is 0 Å². The molecule has 1 aromatic rings. The van der Waals surface area contributed by atoms with Gasteiger partial charge in [-0.3, -0.25) is 0 Å². The zero-order valence-corrected chi connectivity index (χ0v) is 10.8. The number of hydrogen-bond donors (Lipinski definition) is 0. The lowest BCUT2D eigenvalue weighted by atomic mass is 10.1. The second-order valence-electron chi connectivity index (χ2n) is 3.99. The van der Waals surface area contributed by atoms with Gasteiger partial charge >= 0.3 is 0 Å². The largest absolute Gasteiger partial charge is 0.155 e. The average molecular weight is 216 g/mol. The Kier molecular flexibility index (Phi) is 4.41. The summed E-state index contributed by atoms with van der Waals surface area (Å²) in [6, 6.07) is 0. The van der Waals surface area contributed by atoms with Gasteiger partial charge < -0.3 is 0 Å². The highest BCUT2D eigenvalue weighted by molar-refractivity contribution is 5.47. The molecule has 0 saturated carbocycles. The smallest absolute Gasteiger partial charge is 0.0678 e. The molecule has 86 valence electrons. The molecule has 1 heterocycles. The molecule has 1 rings (SSSR count). The van der Waals surface area contributed by atoms with Crippen molar-refractivity contribution >= 4 is 12.2 Å². The molecule has 0 bridgehead atoms. The summed E-state index contributed by atoms with van der Waals surface area (Å²) in [6.07, 6.45) is 7.57. The molecule has 0 amide bonds. The minimum Gasteiger partial charge on any atom is -0.155 e. The monoisotopic (exact) mass is 216 g/mol. The lowest BCUT2D eigenvalue weighted by molar-refractivity contribution is 0.913. The molecule has 0 aliphatic heterocycles. The van der Waals surface area contributed by atoms with E-state index in [2.05, 4.69) is 42.3 Å². The first kappa shape index (κ1) is 12.6. The molecule has 2 nitrogen and oxygen atoms in total. The number of aromatic nitrogens is 2. The van der Waals surface area contributed by atoms with Crippen LogP contribution in [0.15, 0.2) is 11.6 Å². The molecule has 0 aromatic carbocycles. The molecule has 0 fully saturated rings. The fourth-order valence-electron chi connectivity index (χ4n) is 1.80. The lowest BCUT2D eigenvalue weighted by Gasteiger charge is -1.99. The minimum absolute atomic E-state index is 0.988. The highest BCUT2D eigenvalue weighted by atomic mass is 15.1. The first-order chi connectivity index (χ1) is 7.60. The molecule has 0 radical (unpaired) electrons. The summed E-state index contributed by atoms with van der Waals surface area (Å²) in [5, 5.41) is 10.7. The predicted octanol–water partition coefficient (Wildman–Crippen LogP) is 2.03. The zero-order chi connectivity index (χ0) is 12.1. The maximum absolute atomic E-state index is 4.17. The standard InChI is InChI=1S/C14H20N2/c1-6-8-10(3)9-14-12(5)16-15-11(4)13(14)7-2/h7-9H,6H2,1-5H3/b10-8+,13-7-,14-9-. The van der Waals surface area contributed by atoms with E-state index in [4.69, 9.17) is 0 Å². The van der Waals surface area contributed by atoms with Crippen molar-refractivity contribution in [2.75, 3.05) is 0 Å². The van der Waals surface area contributed by atoms with E-state index in [1.807, 2.05) is 20.8 Å². The Balaban J connectivity index is 3.56. The molecule has 0 N–H and O–H groups in total. The van der Waals surface area contributed by atoms with Crippen molar-refractivity contribution in [1.29, 1.82) is 0 Å². The Hall–Kier alpha value is -1.44. The molecular formula is C14H20N2. The Bertz CT molecular complexity index is 510. The molecular weight excluding hydrogens is 196 g/mol. The summed E-state index contributed by atoms with van der Waals surface area (Å²) in [5.74, 6) is 0. The van der Waals surface area contributed by atoms with Crippen molar-refractivity contribution in [3.05, 3.63) is 33.5 Å². The second kappa shape index (κ2) is 5.59. The lowest BCUT2D eigenvalue weighted by Crippen LogP contribution is -2.32. The number of rotatable bonds is 2. The number of allylic oxidation sites excluding steroid dienone is 2. The van der Waals surface area contributed by atoms with Gasteiger partial charge in [0.1, 0.15) is 0 Å². The van der Waals surface area contributed by atoms with Crippen LogP contribution in [0.4, 0.5) is 0 Å². The summed E-state index contributed by atoms with van der Waals surface area (Å²) in [7, 11) is 0. The van der Waals surface area contributed by atoms with E-state index in [1.165, 1.54) is 16.0 Å². The topological polar surface area (TPSA) is 25.8 Å². The highest BCUT2D eigenvalue weighted by Gasteiger charge is 1.97. The van der Waals surface area contributed by atoms with E-state index in [1.54, 1.807) is 0 Å². The van der Waals surface area contributed by atoms with Crippen LogP contribution < -0.4 is 10.4 Å². The van der Waals surface area contributed by atoms with Crippen LogP contribution in [0.2, 0.25) is 0 Å². The molecule has 16 heavy (non-hydrogen) atoms. The summed E-state index contributed by atoms with van der Waals surface area (Å²) in [6.45, 7) is 10.3. The maximum Gasteiger partial charge on any atom is 0.0678 e. The Morgan fingerprint density at radius 3 is 2.19 bits per heavy atom. The van der Waals surface area contributed by atoms with Crippen molar-refractivity contribution in [2.45, 2.75) is 41.0 Å². The minimum atomic E-state index is 0.988. The summed E-state index contributed by atoms with van der Waals surface area (Å²) >= 11 is 0. The number of aryl methyl sites for hydroxylation is 2. The molecule has 0 spiro atoms. The molecule has 0 atom stereocenters. The van der Waals surface area contributed by atoms with Gasteiger partial charge in [-0.1, -0.05) is 24.6 Å². The van der Waals surface area contributed by atoms with Crippen LogP contribution in [0.1, 0.15) is 38.6 Å². The van der Waals surface area contributed by atoms with Gasteiger partial charge in [0.2, 0.25) is 0 Å². The summed E-state index contributed by atoms with van der Waals surface area (Å²) < 4.78 is 0. The van der Waals surface area contributed by atoms with Gasteiger partial charge in [-0.25, -0.2) is 0 Å². The maximum atomic E-state index is 4.17. The van der Waals surface area contributed by atoms with Crippen LogP contribution >= 0.6 is 0 Å². The third-order valence-corrected chi connectivity index (χ3v) is 2.61. The predicted molar refractivity (Wildman–Crippen MR) is 69.4 cm³/mol. The van der Waals surface area contributed by atoms with Gasteiger partial charge in [-0.05, 0) is 40.2 Å². The fourth-order valence-corrected chi connectivity index (χ4v) is 1.80. The molecule has 0 saturated heterocycles. The fraction of sp³-hybridized carbons (Fsp3) is 0.429. The van der Waals surface area contributed by atoms with Gasteiger partial charge in [0.05, 0.1) is 11.4 Å². The second-order valence-corrected chi connectivity index (χ2v) is 3.99. The van der Waals surface area contributed by atoms with E-state index >= 15 is 0 Å². The molecule has 0 aliphatic rings. The first-order valence-electron chi connectivity index (χ1n) is 5.74. The van der Waals surface area contributed by atoms with E-state index in [0.717, 1.165) is 17.8 Å². The molecule has 0 unspecified atom stereocenters. The van der Waals surface area contributed by atoms with E-state index in [0.29, 0.717) is 0 Å². The third-order valence-electron chi connectivity index (χ3n) is 2.61. The van der Waals surface area contributed by atoms with Gasteiger partial charge in [0, 0.05) is 10.4 Å². The Labute approximate surface area is 97.4 Å². The molecule has 2 heteroatoms. The van der Waals surface area contributed by atoms with Crippen molar-refractivity contribution in [2.24, 2.45) is 0 Å². The van der Waals surface area contributed by atoms with Crippen molar-refractivity contribution in [3.63, 3.8) is 0 Å². The molecule has 0 aliphatic carbocycles. The number of hydrogen-bond acceptors (Lipinski definition) is 2. The van der Waals surface area contributed by atoms with Crippen molar-refractivity contribution < 1.29 is 0 Å². The van der Waals surface area contributed by atoms with Crippen LogP contribution in [0.3, 0.4) is 0 Å².